The predicted molar refractivity (Wildman–Crippen MR) is 94.7 cm³/mol. The highest BCUT2D eigenvalue weighted by Gasteiger charge is 2.12. The first-order chi connectivity index (χ1) is 10.7. The number of carbonyl (C=O) groups is 1. The Morgan fingerprint density at radius 1 is 1.36 bits per heavy atom. The molecule has 0 saturated carbocycles. The zero-order chi connectivity index (χ0) is 15.9. The van der Waals surface area contributed by atoms with Gasteiger partial charge >= 0.3 is 0 Å². The second kappa shape index (κ2) is 8.48. The number of fused-ring (bicyclic) bond motifs is 1. The summed E-state index contributed by atoms with van der Waals surface area (Å²) in [6, 6.07) is 2.13. The highest BCUT2D eigenvalue weighted by atomic mass is 32.2. The van der Waals surface area contributed by atoms with Crippen molar-refractivity contribution in [2.24, 2.45) is 0 Å². The van der Waals surface area contributed by atoms with Crippen molar-refractivity contribution in [1.82, 2.24) is 14.9 Å². The number of thioether (sulfide) groups is 1. The molecule has 0 unspecified atom stereocenters. The first kappa shape index (κ1) is 17.2. The Hall–Kier alpha value is -1.14. The maximum absolute atomic E-state index is 12.2. The lowest BCUT2D eigenvalue weighted by Crippen LogP contribution is -2.31. The van der Waals surface area contributed by atoms with Gasteiger partial charge in [0.25, 0.3) is 0 Å². The van der Waals surface area contributed by atoms with Crippen LogP contribution in [-0.4, -0.2) is 39.6 Å². The summed E-state index contributed by atoms with van der Waals surface area (Å²) >= 11 is 3.34. The minimum absolute atomic E-state index is 0.246. The van der Waals surface area contributed by atoms with Gasteiger partial charge in [-0.3, -0.25) is 4.79 Å². The number of amides is 1. The fraction of sp³-hybridized carbons (Fsp3) is 0.562. The number of aryl methyl sites for hydroxylation is 1. The zero-order valence-electron chi connectivity index (χ0n) is 13.5. The molecule has 0 radical (unpaired) electrons. The summed E-state index contributed by atoms with van der Waals surface area (Å²) in [7, 11) is 0. The van der Waals surface area contributed by atoms with Crippen molar-refractivity contribution in [3.05, 3.63) is 17.3 Å². The van der Waals surface area contributed by atoms with Crippen molar-refractivity contribution in [2.45, 2.75) is 45.1 Å². The Morgan fingerprint density at radius 3 is 2.91 bits per heavy atom. The van der Waals surface area contributed by atoms with E-state index in [0.717, 1.165) is 46.9 Å². The van der Waals surface area contributed by atoms with Gasteiger partial charge in [0.15, 0.2) is 0 Å². The highest BCUT2D eigenvalue weighted by molar-refractivity contribution is 7.99. The highest BCUT2D eigenvalue weighted by Crippen LogP contribution is 2.30. The lowest BCUT2D eigenvalue weighted by molar-refractivity contribution is -0.130. The van der Waals surface area contributed by atoms with Crippen molar-refractivity contribution < 1.29 is 4.79 Å². The molecule has 22 heavy (non-hydrogen) atoms. The van der Waals surface area contributed by atoms with Crippen LogP contribution in [-0.2, 0) is 4.79 Å². The summed E-state index contributed by atoms with van der Waals surface area (Å²) in [6.07, 6.45) is 4.38. The molecule has 0 aliphatic heterocycles. The Kier molecular flexibility index (Phi) is 6.64. The molecule has 2 rings (SSSR count). The molecule has 120 valence electrons. The fourth-order valence-electron chi connectivity index (χ4n) is 2.27. The summed E-state index contributed by atoms with van der Waals surface area (Å²) in [6.45, 7) is 7.94. The van der Waals surface area contributed by atoms with Crippen LogP contribution >= 0.6 is 23.1 Å². The summed E-state index contributed by atoms with van der Waals surface area (Å²) in [5, 5.41) is 2.10. The van der Waals surface area contributed by atoms with Gasteiger partial charge in [-0.2, -0.15) is 0 Å². The Morgan fingerprint density at radius 2 is 2.18 bits per heavy atom. The van der Waals surface area contributed by atoms with Crippen molar-refractivity contribution in [1.29, 1.82) is 0 Å². The molecule has 0 fully saturated rings. The summed E-state index contributed by atoms with van der Waals surface area (Å²) in [5.74, 6) is 1.01. The molecule has 0 spiro atoms. The van der Waals surface area contributed by atoms with E-state index >= 15 is 0 Å². The number of unbranched alkanes of at least 4 members (excludes halogenated alkanes) is 1. The monoisotopic (exact) mass is 337 g/mol. The number of carbonyl (C=O) groups excluding carboxylic acids is 1. The van der Waals surface area contributed by atoms with Gasteiger partial charge in [-0.25, -0.2) is 9.97 Å². The molecule has 6 heteroatoms. The number of rotatable bonds is 8. The second-order valence-corrected chi connectivity index (χ2v) is 7.50. The lowest BCUT2D eigenvalue weighted by Gasteiger charge is -2.20. The van der Waals surface area contributed by atoms with E-state index in [0.29, 0.717) is 6.42 Å². The van der Waals surface area contributed by atoms with Crippen molar-refractivity contribution in [3.63, 3.8) is 0 Å². The third kappa shape index (κ3) is 4.43. The van der Waals surface area contributed by atoms with E-state index < -0.39 is 0 Å². The molecule has 1 amide bonds. The molecule has 2 aromatic rings. The average molecular weight is 338 g/mol. The SMILES string of the molecule is CCCCN(CC)C(=O)CCSc1ncnc2sc(C)cc12. The van der Waals surface area contributed by atoms with Crippen LogP contribution in [0.15, 0.2) is 17.4 Å². The topological polar surface area (TPSA) is 46.1 Å². The quantitative estimate of drug-likeness (QED) is 0.537. The number of aromatic nitrogens is 2. The number of hydrogen-bond acceptors (Lipinski definition) is 5. The zero-order valence-corrected chi connectivity index (χ0v) is 15.1. The van der Waals surface area contributed by atoms with Gasteiger partial charge in [-0.05, 0) is 26.3 Å². The van der Waals surface area contributed by atoms with Crippen LogP contribution < -0.4 is 0 Å². The fourth-order valence-corrected chi connectivity index (χ4v) is 4.09. The van der Waals surface area contributed by atoms with Crippen molar-refractivity contribution >= 4 is 39.2 Å². The summed E-state index contributed by atoms with van der Waals surface area (Å²) in [4.78, 5) is 25.1. The van der Waals surface area contributed by atoms with E-state index in [-0.39, 0.29) is 5.91 Å². The van der Waals surface area contributed by atoms with Gasteiger partial charge in [0.2, 0.25) is 5.91 Å². The van der Waals surface area contributed by atoms with Crippen LogP contribution in [0.25, 0.3) is 10.2 Å². The number of thiophene rings is 1. The van der Waals surface area contributed by atoms with Gasteiger partial charge in [0.05, 0.1) is 0 Å². The largest absolute Gasteiger partial charge is 0.343 e. The summed E-state index contributed by atoms with van der Waals surface area (Å²) < 4.78 is 0. The number of hydrogen-bond donors (Lipinski definition) is 0. The van der Waals surface area contributed by atoms with E-state index in [4.69, 9.17) is 0 Å². The molecule has 4 nitrogen and oxygen atoms in total. The van der Waals surface area contributed by atoms with Gasteiger partial charge in [0, 0.05) is 35.5 Å². The summed E-state index contributed by atoms with van der Waals surface area (Å²) in [5.41, 5.74) is 0. The standard InChI is InChI=1S/C16H23N3OS2/c1-4-6-8-19(5-2)14(20)7-9-21-15-13-10-12(3)22-16(13)18-11-17-15/h10-11H,4-9H2,1-3H3. The van der Waals surface area contributed by atoms with Crippen molar-refractivity contribution in [3.8, 4) is 0 Å². The van der Waals surface area contributed by atoms with E-state index in [1.165, 1.54) is 4.88 Å². The van der Waals surface area contributed by atoms with Crippen LogP contribution in [0.1, 0.15) is 38.0 Å². The molecule has 0 atom stereocenters. The first-order valence-corrected chi connectivity index (χ1v) is 9.57. The molecule has 0 N–H and O–H groups in total. The van der Waals surface area contributed by atoms with Crippen LogP contribution in [0.5, 0.6) is 0 Å². The molecule has 0 saturated heterocycles. The Bertz CT molecular complexity index is 627. The Balaban J connectivity index is 1.90. The minimum atomic E-state index is 0.246. The molecule has 0 aromatic carbocycles. The van der Waals surface area contributed by atoms with E-state index in [9.17, 15) is 4.79 Å². The lowest BCUT2D eigenvalue weighted by atomic mass is 10.3. The predicted octanol–water partition coefficient (Wildman–Crippen LogP) is 4.13. The first-order valence-electron chi connectivity index (χ1n) is 7.77. The molecular weight excluding hydrogens is 314 g/mol. The molecule has 2 heterocycles. The van der Waals surface area contributed by atoms with Crippen LogP contribution in [0.2, 0.25) is 0 Å². The number of nitrogens with zero attached hydrogens (tertiary/aromatic N) is 3. The maximum atomic E-state index is 12.2. The average Bonchev–Trinajstić information content (AvgIpc) is 2.89. The van der Waals surface area contributed by atoms with E-state index in [1.807, 2.05) is 11.8 Å². The van der Waals surface area contributed by atoms with Crippen LogP contribution in [0.3, 0.4) is 0 Å². The molecule has 0 aliphatic rings. The third-order valence-corrected chi connectivity index (χ3v) is 5.45. The Labute approximate surface area is 140 Å². The molecule has 0 bridgehead atoms. The van der Waals surface area contributed by atoms with Gasteiger partial charge in [-0.15, -0.1) is 23.1 Å². The smallest absolute Gasteiger partial charge is 0.223 e. The maximum Gasteiger partial charge on any atom is 0.223 e. The van der Waals surface area contributed by atoms with Crippen LogP contribution in [0.4, 0.5) is 0 Å². The minimum Gasteiger partial charge on any atom is -0.343 e. The van der Waals surface area contributed by atoms with Gasteiger partial charge in [0.1, 0.15) is 16.2 Å². The molecule has 0 aliphatic carbocycles. The van der Waals surface area contributed by atoms with E-state index in [2.05, 4.69) is 29.9 Å². The van der Waals surface area contributed by atoms with Crippen LogP contribution in [0, 0.1) is 6.92 Å². The van der Waals surface area contributed by atoms with Gasteiger partial charge in [-0.1, -0.05) is 13.3 Å². The third-order valence-electron chi connectivity index (χ3n) is 3.49. The molecule has 2 aromatic heterocycles. The molecular formula is C16H23N3OS2. The second-order valence-electron chi connectivity index (χ2n) is 5.18. The van der Waals surface area contributed by atoms with Gasteiger partial charge < -0.3 is 4.90 Å². The van der Waals surface area contributed by atoms with Crippen molar-refractivity contribution in [2.75, 3.05) is 18.8 Å². The van der Waals surface area contributed by atoms with E-state index in [1.54, 1.807) is 29.4 Å². The normalized spacial score (nSPS) is 11.0.